The summed E-state index contributed by atoms with van der Waals surface area (Å²) in [5.74, 6) is -0.937. The van der Waals surface area contributed by atoms with E-state index in [4.69, 9.17) is 5.11 Å². The minimum Gasteiger partial charge on any atom is -0.505 e. The average molecular weight is 247 g/mol. The van der Waals surface area contributed by atoms with E-state index < -0.39 is 5.82 Å². The Balaban J connectivity index is 1.88. The molecular formula is C13H14FN3O. The summed E-state index contributed by atoms with van der Waals surface area (Å²) in [5, 5.41) is 12.2. The van der Waals surface area contributed by atoms with Gasteiger partial charge in [0.25, 0.3) is 0 Å². The molecular weight excluding hydrogens is 233 g/mol. The predicted octanol–water partition coefficient (Wildman–Crippen LogP) is 1.92. The van der Waals surface area contributed by atoms with Crippen molar-refractivity contribution in [3.63, 3.8) is 0 Å². The van der Waals surface area contributed by atoms with E-state index in [-0.39, 0.29) is 5.75 Å². The number of nitrogens with zero attached hydrogens (tertiary/aromatic N) is 2. The van der Waals surface area contributed by atoms with Gasteiger partial charge in [-0.15, -0.1) is 0 Å². The van der Waals surface area contributed by atoms with Crippen LogP contribution in [0.4, 0.5) is 4.39 Å². The smallest absolute Gasteiger partial charge is 0.165 e. The van der Waals surface area contributed by atoms with Crippen LogP contribution < -0.4 is 5.32 Å². The Morgan fingerprint density at radius 1 is 1.22 bits per heavy atom. The van der Waals surface area contributed by atoms with Gasteiger partial charge in [-0.2, -0.15) is 0 Å². The maximum absolute atomic E-state index is 13.1. The molecule has 0 aliphatic carbocycles. The Hall–Kier alpha value is -2.01. The molecule has 0 saturated heterocycles. The fraction of sp³-hybridized carbons (Fsp3) is 0.231. The molecule has 0 bridgehead atoms. The van der Waals surface area contributed by atoms with Crippen molar-refractivity contribution in [2.24, 2.45) is 0 Å². The van der Waals surface area contributed by atoms with Crippen LogP contribution in [-0.4, -0.2) is 15.1 Å². The third kappa shape index (κ3) is 3.24. The number of phenolic OH excluding ortho intramolecular Hbond substituents is 1. The molecule has 0 amide bonds. The number of phenols is 1. The minimum absolute atomic E-state index is 0.330. The fourth-order valence-electron chi connectivity index (χ4n) is 1.51. The van der Waals surface area contributed by atoms with Gasteiger partial charge >= 0.3 is 0 Å². The van der Waals surface area contributed by atoms with Gasteiger partial charge in [-0.25, -0.2) is 4.39 Å². The van der Waals surface area contributed by atoms with Crippen molar-refractivity contribution in [1.29, 1.82) is 0 Å². The molecule has 2 N–H and O–H groups in total. The van der Waals surface area contributed by atoms with Gasteiger partial charge in [-0.05, 0) is 24.6 Å². The maximum Gasteiger partial charge on any atom is 0.165 e. The third-order valence-corrected chi connectivity index (χ3v) is 2.48. The summed E-state index contributed by atoms with van der Waals surface area (Å²) in [6.45, 7) is 2.95. The van der Waals surface area contributed by atoms with Gasteiger partial charge in [0.05, 0.1) is 11.4 Å². The molecule has 4 nitrogen and oxygen atoms in total. The first-order valence-electron chi connectivity index (χ1n) is 5.61. The number of aromatic nitrogens is 2. The van der Waals surface area contributed by atoms with Crippen LogP contribution in [0.2, 0.25) is 0 Å². The van der Waals surface area contributed by atoms with Gasteiger partial charge < -0.3 is 10.4 Å². The molecule has 0 spiro atoms. The maximum atomic E-state index is 13.1. The first-order valence-corrected chi connectivity index (χ1v) is 5.61. The van der Waals surface area contributed by atoms with Crippen molar-refractivity contribution >= 4 is 0 Å². The van der Waals surface area contributed by atoms with Gasteiger partial charge in [0.2, 0.25) is 0 Å². The van der Waals surface area contributed by atoms with Crippen LogP contribution in [0.5, 0.6) is 5.75 Å². The van der Waals surface area contributed by atoms with Gasteiger partial charge in [0.15, 0.2) is 11.6 Å². The van der Waals surface area contributed by atoms with Crippen molar-refractivity contribution in [1.82, 2.24) is 15.3 Å². The van der Waals surface area contributed by atoms with Crippen molar-refractivity contribution in [2.45, 2.75) is 20.0 Å². The van der Waals surface area contributed by atoms with Crippen LogP contribution in [0.1, 0.15) is 17.0 Å². The first kappa shape index (κ1) is 12.4. The van der Waals surface area contributed by atoms with E-state index in [2.05, 4.69) is 15.3 Å². The van der Waals surface area contributed by atoms with Gasteiger partial charge in [0, 0.05) is 25.5 Å². The van der Waals surface area contributed by atoms with E-state index in [1.807, 2.05) is 6.92 Å². The van der Waals surface area contributed by atoms with Crippen LogP contribution in [-0.2, 0) is 13.1 Å². The van der Waals surface area contributed by atoms with Crippen molar-refractivity contribution < 1.29 is 9.50 Å². The van der Waals surface area contributed by atoms with E-state index in [1.54, 1.807) is 18.5 Å². The molecule has 2 rings (SSSR count). The highest BCUT2D eigenvalue weighted by atomic mass is 19.1. The Morgan fingerprint density at radius 2 is 2.06 bits per heavy atom. The molecule has 0 saturated carbocycles. The summed E-state index contributed by atoms with van der Waals surface area (Å²) in [6.07, 6.45) is 3.41. The van der Waals surface area contributed by atoms with E-state index >= 15 is 0 Å². The molecule has 0 unspecified atom stereocenters. The lowest BCUT2D eigenvalue weighted by Gasteiger charge is -2.05. The van der Waals surface area contributed by atoms with Crippen molar-refractivity contribution in [2.75, 3.05) is 0 Å². The molecule has 2 aromatic rings. The molecule has 94 valence electrons. The molecule has 0 aliphatic heterocycles. The minimum atomic E-state index is -0.607. The zero-order valence-electron chi connectivity index (χ0n) is 10.0. The molecule has 1 heterocycles. The Bertz CT molecular complexity index is 528. The SMILES string of the molecule is Cc1cnc(CNCc2ccc(O)c(F)c2)cn1. The highest BCUT2D eigenvalue weighted by molar-refractivity contribution is 5.27. The quantitative estimate of drug-likeness (QED) is 0.866. The van der Waals surface area contributed by atoms with Crippen molar-refractivity contribution in [3.05, 3.63) is 53.4 Å². The second kappa shape index (κ2) is 5.55. The summed E-state index contributed by atoms with van der Waals surface area (Å²) in [5.41, 5.74) is 2.48. The summed E-state index contributed by atoms with van der Waals surface area (Å²) in [7, 11) is 0. The second-order valence-corrected chi connectivity index (χ2v) is 4.04. The Labute approximate surface area is 105 Å². The molecule has 0 fully saturated rings. The lowest BCUT2D eigenvalue weighted by molar-refractivity contribution is 0.431. The van der Waals surface area contributed by atoms with Gasteiger partial charge in [-0.1, -0.05) is 6.07 Å². The zero-order valence-corrected chi connectivity index (χ0v) is 10.0. The number of hydrogen-bond acceptors (Lipinski definition) is 4. The standard InChI is InChI=1S/C13H14FN3O/c1-9-5-17-11(8-16-9)7-15-6-10-2-3-13(18)12(14)4-10/h2-5,8,15,18H,6-7H2,1H3. The van der Waals surface area contributed by atoms with Crippen LogP contribution >= 0.6 is 0 Å². The van der Waals surface area contributed by atoms with Crippen LogP contribution in [0.25, 0.3) is 0 Å². The normalized spacial score (nSPS) is 10.6. The topological polar surface area (TPSA) is 58.0 Å². The van der Waals surface area contributed by atoms with Crippen LogP contribution in [0.3, 0.4) is 0 Å². The number of aromatic hydroxyl groups is 1. The number of nitrogens with one attached hydrogen (secondary N) is 1. The Kier molecular flexibility index (Phi) is 3.84. The highest BCUT2D eigenvalue weighted by Crippen LogP contribution is 2.15. The zero-order chi connectivity index (χ0) is 13.0. The summed E-state index contributed by atoms with van der Waals surface area (Å²) < 4.78 is 13.1. The number of hydrogen-bond donors (Lipinski definition) is 2. The molecule has 5 heteroatoms. The molecule has 0 radical (unpaired) electrons. The number of halogens is 1. The van der Waals surface area contributed by atoms with E-state index in [9.17, 15) is 4.39 Å². The fourth-order valence-corrected chi connectivity index (χ4v) is 1.51. The van der Waals surface area contributed by atoms with Gasteiger partial charge in [-0.3, -0.25) is 9.97 Å². The second-order valence-electron chi connectivity index (χ2n) is 4.04. The first-order chi connectivity index (χ1) is 8.65. The molecule has 1 aromatic heterocycles. The van der Waals surface area contributed by atoms with E-state index in [0.29, 0.717) is 13.1 Å². The van der Waals surface area contributed by atoms with Gasteiger partial charge in [0.1, 0.15) is 0 Å². The van der Waals surface area contributed by atoms with Crippen molar-refractivity contribution in [3.8, 4) is 5.75 Å². The number of rotatable bonds is 4. The van der Waals surface area contributed by atoms with Crippen LogP contribution in [0, 0.1) is 12.7 Å². The molecule has 18 heavy (non-hydrogen) atoms. The average Bonchev–Trinajstić information content (AvgIpc) is 2.36. The molecule has 1 aromatic carbocycles. The van der Waals surface area contributed by atoms with E-state index in [1.165, 1.54) is 12.1 Å². The number of benzene rings is 1. The lowest BCUT2D eigenvalue weighted by Crippen LogP contribution is -2.14. The molecule has 0 atom stereocenters. The number of aryl methyl sites for hydroxylation is 1. The lowest BCUT2D eigenvalue weighted by atomic mass is 10.2. The Morgan fingerprint density at radius 3 is 2.72 bits per heavy atom. The monoisotopic (exact) mass is 247 g/mol. The summed E-state index contributed by atoms with van der Waals surface area (Å²) in [6, 6.07) is 4.33. The van der Waals surface area contributed by atoms with E-state index in [0.717, 1.165) is 17.0 Å². The summed E-state index contributed by atoms with van der Waals surface area (Å²) >= 11 is 0. The highest BCUT2D eigenvalue weighted by Gasteiger charge is 2.01. The predicted molar refractivity (Wildman–Crippen MR) is 65.4 cm³/mol. The third-order valence-electron chi connectivity index (χ3n) is 2.48. The molecule has 0 aliphatic rings. The largest absolute Gasteiger partial charge is 0.505 e. The summed E-state index contributed by atoms with van der Waals surface area (Å²) in [4.78, 5) is 8.34. The van der Waals surface area contributed by atoms with Crippen LogP contribution in [0.15, 0.2) is 30.6 Å².